The lowest BCUT2D eigenvalue weighted by Crippen LogP contribution is -2.45. The highest BCUT2D eigenvalue weighted by Gasteiger charge is 2.19. The average Bonchev–Trinajstić information content (AvgIpc) is 2.78. The molecule has 0 aliphatic heterocycles. The number of nitrogens with zero attached hydrogens (tertiary/aromatic N) is 3. The summed E-state index contributed by atoms with van der Waals surface area (Å²) < 4.78 is 7.98. The number of likely N-dealkylation sites (N-methyl/N-ethyl adjacent to an activating group) is 1. The molecule has 0 atom stereocenters. The molecule has 0 radical (unpaired) electrons. The van der Waals surface area contributed by atoms with Crippen LogP contribution in [-0.4, -0.2) is 33.2 Å². The van der Waals surface area contributed by atoms with E-state index in [4.69, 9.17) is 16.3 Å². The Morgan fingerprint density at radius 2 is 1.79 bits per heavy atom. The van der Waals surface area contributed by atoms with E-state index in [0.717, 1.165) is 28.7 Å². The van der Waals surface area contributed by atoms with Gasteiger partial charge in [0.1, 0.15) is 12.3 Å². The maximum absolute atomic E-state index is 13.2. The van der Waals surface area contributed by atoms with E-state index in [0.29, 0.717) is 10.7 Å². The first-order valence-electron chi connectivity index (χ1n) is 10.6. The highest BCUT2D eigenvalue weighted by atomic mass is 35.5. The summed E-state index contributed by atoms with van der Waals surface area (Å²) in [7, 11) is 1.43. The van der Waals surface area contributed by atoms with Crippen molar-refractivity contribution in [2.24, 2.45) is 0 Å². The molecule has 0 bridgehead atoms. The molecule has 1 aliphatic carbocycles. The van der Waals surface area contributed by atoms with Gasteiger partial charge < -0.3 is 15.4 Å². The van der Waals surface area contributed by atoms with Crippen LogP contribution in [-0.2, 0) is 17.9 Å². The van der Waals surface area contributed by atoms with E-state index in [9.17, 15) is 14.4 Å². The Bertz CT molecular complexity index is 1250. The lowest BCUT2D eigenvalue weighted by atomic mass is 9.96. The molecule has 4 rings (SSSR count). The number of hydrogen-bond donors (Lipinski definition) is 2. The molecule has 2 aromatic carbocycles. The second kappa shape index (κ2) is 9.91. The zero-order chi connectivity index (χ0) is 23.4. The highest BCUT2D eigenvalue weighted by molar-refractivity contribution is 6.30. The summed E-state index contributed by atoms with van der Waals surface area (Å²) in [6.45, 7) is -0.294. The fraction of sp³-hybridized carbons (Fsp3) is 0.304. The van der Waals surface area contributed by atoms with Gasteiger partial charge in [-0.15, -0.1) is 0 Å². The fourth-order valence-corrected chi connectivity index (χ4v) is 3.45. The van der Waals surface area contributed by atoms with Crippen molar-refractivity contribution in [1.29, 1.82) is 0 Å². The van der Waals surface area contributed by atoms with Gasteiger partial charge in [-0.2, -0.15) is 4.98 Å². The van der Waals surface area contributed by atoms with Crippen molar-refractivity contribution >= 4 is 29.1 Å². The summed E-state index contributed by atoms with van der Waals surface area (Å²) in [6.07, 6.45) is 3.58. The third kappa shape index (κ3) is 5.43. The molecular weight excluding hydrogens is 446 g/mol. The second-order valence-corrected chi connectivity index (χ2v) is 8.23. The third-order valence-electron chi connectivity index (χ3n) is 5.45. The zero-order valence-corrected chi connectivity index (χ0v) is 18.8. The molecule has 1 aliphatic rings. The van der Waals surface area contributed by atoms with Gasteiger partial charge in [-0.3, -0.25) is 9.36 Å². The Kier molecular flexibility index (Phi) is 6.79. The number of nitrogens with one attached hydrogen (secondary N) is 2. The van der Waals surface area contributed by atoms with Gasteiger partial charge in [0.2, 0.25) is 11.9 Å². The van der Waals surface area contributed by atoms with Crippen LogP contribution in [0.3, 0.4) is 0 Å². The molecule has 33 heavy (non-hydrogen) atoms. The van der Waals surface area contributed by atoms with Crippen molar-refractivity contribution in [3.05, 3.63) is 80.1 Å². The summed E-state index contributed by atoms with van der Waals surface area (Å²) in [4.78, 5) is 41.6. The predicted molar refractivity (Wildman–Crippen MR) is 125 cm³/mol. The molecule has 1 amide bonds. The van der Waals surface area contributed by atoms with Crippen LogP contribution in [0.2, 0.25) is 5.02 Å². The lowest BCUT2D eigenvalue weighted by Gasteiger charge is -2.26. The number of hydrogen-bond acceptors (Lipinski definition) is 6. The van der Waals surface area contributed by atoms with Crippen molar-refractivity contribution in [3.8, 4) is 5.75 Å². The van der Waals surface area contributed by atoms with E-state index < -0.39 is 23.8 Å². The van der Waals surface area contributed by atoms with Gasteiger partial charge in [0, 0.05) is 17.8 Å². The molecule has 1 fully saturated rings. The van der Waals surface area contributed by atoms with Gasteiger partial charge in [0.15, 0.2) is 0 Å². The quantitative estimate of drug-likeness (QED) is 0.525. The van der Waals surface area contributed by atoms with Crippen LogP contribution in [0.1, 0.15) is 24.8 Å². The van der Waals surface area contributed by atoms with Crippen LogP contribution in [0.15, 0.2) is 58.1 Å². The van der Waals surface area contributed by atoms with Crippen LogP contribution < -0.4 is 26.7 Å². The third-order valence-corrected chi connectivity index (χ3v) is 5.70. The number of rotatable bonds is 8. The number of benzene rings is 2. The summed E-state index contributed by atoms with van der Waals surface area (Å²) in [6, 6.07) is 14.2. The standard InChI is InChI=1S/C23H24ClN5O4/c1-25-20(30)14-29-22(31)27-21(28(23(29)32)13-15-5-7-16(24)8-6-15)26-17-9-11-19(12-10-17)33-18-3-2-4-18/h5-12,18H,2-4,13-14H2,1H3,(H,25,30)(H,26,27,31). The largest absolute Gasteiger partial charge is 0.490 e. The number of amides is 1. The number of halogens is 1. The van der Waals surface area contributed by atoms with Crippen molar-refractivity contribution in [1.82, 2.24) is 19.4 Å². The number of carbonyl (C=O) groups excluding carboxylic acids is 1. The maximum atomic E-state index is 13.2. The summed E-state index contributed by atoms with van der Waals surface area (Å²) in [5, 5.41) is 6.02. The Balaban J connectivity index is 1.66. The molecule has 0 saturated heterocycles. The Labute approximate surface area is 195 Å². The molecular formula is C23H24ClN5O4. The van der Waals surface area contributed by atoms with Crippen molar-refractivity contribution in [3.63, 3.8) is 0 Å². The van der Waals surface area contributed by atoms with Gasteiger partial charge in [0.25, 0.3) is 0 Å². The minimum absolute atomic E-state index is 0.0702. The van der Waals surface area contributed by atoms with E-state index in [-0.39, 0.29) is 18.6 Å². The SMILES string of the molecule is CNC(=O)Cn1c(=O)nc(Nc2ccc(OC3CCC3)cc2)n(Cc2ccc(Cl)cc2)c1=O. The molecule has 0 spiro atoms. The van der Waals surface area contributed by atoms with E-state index in [2.05, 4.69) is 15.6 Å². The Hall–Kier alpha value is -3.59. The van der Waals surface area contributed by atoms with Gasteiger partial charge in [0.05, 0.1) is 12.6 Å². The van der Waals surface area contributed by atoms with Crippen LogP contribution in [0.5, 0.6) is 5.75 Å². The Morgan fingerprint density at radius 3 is 2.39 bits per heavy atom. The van der Waals surface area contributed by atoms with Crippen LogP contribution in [0, 0.1) is 0 Å². The molecule has 0 unspecified atom stereocenters. The van der Waals surface area contributed by atoms with E-state index >= 15 is 0 Å². The predicted octanol–water partition coefficient (Wildman–Crippen LogP) is 2.53. The number of anilines is 2. The number of ether oxygens (including phenoxy) is 1. The van der Waals surface area contributed by atoms with E-state index in [1.165, 1.54) is 18.0 Å². The molecule has 10 heteroatoms. The molecule has 1 saturated carbocycles. The lowest BCUT2D eigenvalue weighted by molar-refractivity contribution is -0.121. The monoisotopic (exact) mass is 469 g/mol. The van der Waals surface area contributed by atoms with Crippen LogP contribution in [0.25, 0.3) is 0 Å². The minimum atomic E-state index is -0.816. The first-order valence-corrected chi connectivity index (χ1v) is 11.0. The van der Waals surface area contributed by atoms with E-state index in [1.807, 2.05) is 12.1 Å². The average molecular weight is 470 g/mol. The normalized spacial score (nSPS) is 13.3. The number of aromatic nitrogens is 3. The second-order valence-electron chi connectivity index (χ2n) is 7.79. The van der Waals surface area contributed by atoms with Crippen LogP contribution in [0.4, 0.5) is 11.6 Å². The van der Waals surface area contributed by atoms with Gasteiger partial charge in [-0.1, -0.05) is 23.7 Å². The molecule has 9 nitrogen and oxygen atoms in total. The summed E-state index contributed by atoms with van der Waals surface area (Å²) >= 11 is 5.97. The van der Waals surface area contributed by atoms with Crippen LogP contribution >= 0.6 is 11.6 Å². The molecule has 1 aromatic heterocycles. The molecule has 2 N–H and O–H groups in total. The maximum Gasteiger partial charge on any atom is 0.355 e. The van der Waals surface area contributed by atoms with Crippen molar-refractivity contribution < 1.29 is 9.53 Å². The fourth-order valence-electron chi connectivity index (χ4n) is 3.32. The molecule has 172 valence electrons. The van der Waals surface area contributed by atoms with Gasteiger partial charge >= 0.3 is 11.4 Å². The van der Waals surface area contributed by atoms with Crippen molar-refractivity contribution in [2.45, 2.75) is 38.5 Å². The number of carbonyl (C=O) groups is 1. The molecule has 1 heterocycles. The minimum Gasteiger partial charge on any atom is -0.490 e. The van der Waals surface area contributed by atoms with E-state index in [1.54, 1.807) is 36.4 Å². The Morgan fingerprint density at radius 1 is 1.09 bits per heavy atom. The molecule has 3 aromatic rings. The summed E-state index contributed by atoms with van der Waals surface area (Å²) in [5.74, 6) is 0.357. The van der Waals surface area contributed by atoms with Gasteiger partial charge in [-0.05, 0) is 61.2 Å². The topological polar surface area (TPSA) is 107 Å². The zero-order valence-electron chi connectivity index (χ0n) is 18.1. The summed E-state index contributed by atoms with van der Waals surface area (Å²) in [5.41, 5.74) is -0.0544. The first kappa shape index (κ1) is 22.6. The first-order chi connectivity index (χ1) is 15.9. The smallest absolute Gasteiger partial charge is 0.355 e. The van der Waals surface area contributed by atoms with Gasteiger partial charge in [-0.25, -0.2) is 14.2 Å². The highest BCUT2D eigenvalue weighted by Crippen LogP contribution is 2.26. The van der Waals surface area contributed by atoms with Crippen molar-refractivity contribution in [2.75, 3.05) is 12.4 Å².